The predicted octanol–water partition coefficient (Wildman–Crippen LogP) is 2.83. The molecule has 0 aromatic heterocycles. The molecule has 1 aliphatic heterocycles. The fourth-order valence-electron chi connectivity index (χ4n) is 3.62. The van der Waals surface area contributed by atoms with Crippen molar-refractivity contribution in [2.75, 3.05) is 13.1 Å². The van der Waals surface area contributed by atoms with Gasteiger partial charge in [0.1, 0.15) is 11.7 Å². The Hall–Kier alpha value is -2.94. The van der Waals surface area contributed by atoms with Crippen LogP contribution in [0.4, 0.5) is 17.6 Å². The standard InChI is InChI=1S/C19H15F4NO4/c20-13-6-14(21)16(22)17(23)15(13)19(28-10-25)9-24(8-12(19)18(26)27)7-11-4-2-1-3-5-11/h1-6,10,12H,7-9H2,(H,26,27). The van der Waals surface area contributed by atoms with Gasteiger partial charge in [0.15, 0.2) is 23.1 Å². The van der Waals surface area contributed by atoms with Crippen molar-refractivity contribution >= 4 is 12.4 Å². The molecule has 2 unspecified atom stereocenters. The zero-order valence-electron chi connectivity index (χ0n) is 14.4. The first-order chi connectivity index (χ1) is 13.3. The minimum Gasteiger partial charge on any atom is -0.481 e. The number of benzene rings is 2. The van der Waals surface area contributed by atoms with Crippen LogP contribution in [-0.2, 0) is 26.5 Å². The van der Waals surface area contributed by atoms with E-state index in [2.05, 4.69) is 0 Å². The topological polar surface area (TPSA) is 66.8 Å². The molecular formula is C19H15F4NO4. The van der Waals surface area contributed by atoms with E-state index in [4.69, 9.17) is 4.74 Å². The maximum absolute atomic E-state index is 14.5. The number of carboxylic acids is 1. The molecule has 0 spiro atoms. The summed E-state index contributed by atoms with van der Waals surface area (Å²) in [6.07, 6.45) is 0. The molecule has 0 amide bonds. The Morgan fingerprint density at radius 2 is 1.86 bits per heavy atom. The Balaban J connectivity index is 2.10. The fourth-order valence-corrected chi connectivity index (χ4v) is 3.62. The highest BCUT2D eigenvalue weighted by Gasteiger charge is 2.56. The molecule has 2 aromatic rings. The lowest BCUT2D eigenvalue weighted by Crippen LogP contribution is -2.43. The summed E-state index contributed by atoms with van der Waals surface area (Å²) in [6, 6.07) is 8.90. The van der Waals surface area contributed by atoms with Crippen LogP contribution in [0.3, 0.4) is 0 Å². The second-order valence-corrected chi connectivity index (χ2v) is 6.49. The minimum absolute atomic E-state index is 0.0996. The van der Waals surface area contributed by atoms with E-state index < -0.39 is 52.9 Å². The van der Waals surface area contributed by atoms with E-state index in [0.717, 1.165) is 5.56 Å². The van der Waals surface area contributed by atoms with Gasteiger partial charge in [-0.1, -0.05) is 30.3 Å². The lowest BCUT2D eigenvalue weighted by atomic mass is 9.82. The zero-order valence-corrected chi connectivity index (χ0v) is 14.4. The third kappa shape index (κ3) is 3.33. The largest absolute Gasteiger partial charge is 0.481 e. The van der Waals surface area contributed by atoms with Crippen molar-refractivity contribution in [2.24, 2.45) is 5.92 Å². The van der Waals surface area contributed by atoms with Gasteiger partial charge in [-0.3, -0.25) is 14.5 Å². The molecule has 2 aromatic carbocycles. The number of carbonyl (C=O) groups excluding carboxylic acids is 1. The number of likely N-dealkylation sites (tertiary alicyclic amines) is 1. The summed E-state index contributed by atoms with van der Waals surface area (Å²) in [4.78, 5) is 24.4. The van der Waals surface area contributed by atoms with E-state index in [-0.39, 0.29) is 25.6 Å². The minimum atomic E-state index is -2.36. The van der Waals surface area contributed by atoms with E-state index >= 15 is 0 Å². The van der Waals surface area contributed by atoms with E-state index in [1.807, 2.05) is 0 Å². The number of nitrogens with zero attached hydrogens (tertiary/aromatic N) is 1. The third-order valence-electron chi connectivity index (χ3n) is 4.81. The van der Waals surface area contributed by atoms with Gasteiger partial charge in [-0.25, -0.2) is 17.6 Å². The first-order valence-electron chi connectivity index (χ1n) is 8.24. The number of aliphatic carboxylic acids is 1. The Morgan fingerprint density at radius 1 is 1.18 bits per heavy atom. The second kappa shape index (κ2) is 7.59. The van der Waals surface area contributed by atoms with Crippen molar-refractivity contribution in [1.82, 2.24) is 4.90 Å². The number of hydrogen-bond donors (Lipinski definition) is 1. The molecule has 28 heavy (non-hydrogen) atoms. The first kappa shape index (κ1) is 19.8. The first-order valence-corrected chi connectivity index (χ1v) is 8.24. The molecule has 5 nitrogen and oxygen atoms in total. The third-order valence-corrected chi connectivity index (χ3v) is 4.81. The normalized spacial score (nSPS) is 22.2. The Bertz CT molecular complexity index is 909. The van der Waals surface area contributed by atoms with Gasteiger partial charge in [0.05, 0.1) is 5.56 Å². The van der Waals surface area contributed by atoms with Gasteiger partial charge in [0.2, 0.25) is 0 Å². The summed E-state index contributed by atoms with van der Waals surface area (Å²) in [5, 5.41) is 9.59. The number of hydrogen-bond acceptors (Lipinski definition) is 4. The van der Waals surface area contributed by atoms with E-state index in [0.29, 0.717) is 0 Å². The van der Waals surface area contributed by atoms with Crippen molar-refractivity contribution in [3.63, 3.8) is 0 Å². The van der Waals surface area contributed by atoms with Crippen LogP contribution >= 0.6 is 0 Å². The lowest BCUT2D eigenvalue weighted by Gasteiger charge is -2.32. The van der Waals surface area contributed by atoms with Gasteiger partial charge < -0.3 is 9.84 Å². The molecule has 1 aliphatic rings. The number of halogens is 4. The van der Waals surface area contributed by atoms with Crippen molar-refractivity contribution in [2.45, 2.75) is 12.1 Å². The molecule has 2 atom stereocenters. The molecule has 1 heterocycles. The molecule has 0 bridgehead atoms. The predicted molar refractivity (Wildman–Crippen MR) is 87.9 cm³/mol. The number of carbonyl (C=O) groups is 2. The smallest absolute Gasteiger partial charge is 0.312 e. The summed E-state index contributed by atoms with van der Waals surface area (Å²) < 4.78 is 61.0. The summed E-state index contributed by atoms with van der Waals surface area (Å²) in [5.41, 5.74) is -2.70. The molecule has 1 fully saturated rings. The van der Waals surface area contributed by atoms with E-state index in [9.17, 15) is 32.3 Å². The van der Waals surface area contributed by atoms with Crippen LogP contribution in [0.5, 0.6) is 0 Å². The molecule has 9 heteroatoms. The van der Waals surface area contributed by atoms with Crippen LogP contribution in [0.15, 0.2) is 36.4 Å². The monoisotopic (exact) mass is 397 g/mol. The fraction of sp³-hybridized carbons (Fsp3) is 0.263. The molecule has 1 saturated heterocycles. The highest BCUT2D eigenvalue weighted by molar-refractivity contribution is 5.73. The molecular weight excluding hydrogens is 382 g/mol. The van der Waals surface area contributed by atoms with E-state index in [1.54, 1.807) is 30.3 Å². The summed E-state index contributed by atoms with van der Waals surface area (Å²) in [6.45, 7) is -0.601. The van der Waals surface area contributed by atoms with Gasteiger partial charge in [-0.2, -0.15) is 0 Å². The zero-order chi connectivity index (χ0) is 20.5. The van der Waals surface area contributed by atoms with Crippen LogP contribution in [0.25, 0.3) is 0 Å². The molecule has 0 aliphatic carbocycles. The van der Waals surface area contributed by atoms with Crippen molar-refractivity contribution < 1.29 is 37.0 Å². The van der Waals surface area contributed by atoms with Gasteiger partial charge in [-0.05, 0) is 5.56 Å². The highest BCUT2D eigenvalue weighted by atomic mass is 19.2. The number of rotatable bonds is 6. The van der Waals surface area contributed by atoms with Crippen LogP contribution in [0.1, 0.15) is 11.1 Å². The average Bonchev–Trinajstić information content (AvgIpc) is 3.00. The molecule has 0 radical (unpaired) electrons. The second-order valence-electron chi connectivity index (χ2n) is 6.49. The maximum Gasteiger partial charge on any atom is 0.312 e. The van der Waals surface area contributed by atoms with Crippen LogP contribution in [-0.4, -0.2) is 35.5 Å². The number of carboxylic acid groups (broad SMARTS) is 1. The van der Waals surface area contributed by atoms with Crippen LogP contribution in [0.2, 0.25) is 0 Å². The van der Waals surface area contributed by atoms with Gasteiger partial charge >= 0.3 is 5.97 Å². The number of ether oxygens (including phenoxy) is 1. The van der Waals surface area contributed by atoms with E-state index in [1.165, 1.54) is 4.90 Å². The van der Waals surface area contributed by atoms with Crippen molar-refractivity contribution in [1.29, 1.82) is 0 Å². The Kier molecular flexibility index (Phi) is 5.37. The van der Waals surface area contributed by atoms with Crippen LogP contribution in [0, 0.1) is 29.2 Å². The highest BCUT2D eigenvalue weighted by Crippen LogP contribution is 2.44. The van der Waals surface area contributed by atoms with Crippen molar-refractivity contribution in [3.05, 3.63) is 70.8 Å². The SMILES string of the molecule is O=COC1(c2c(F)cc(F)c(F)c2F)CN(Cc2ccccc2)CC1C(=O)O. The van der Waals surface area contributed by atoms with Gasteiger partial charge in [-0.15, -0.1) is 0 Å². The Labute approximate surface area is 157 Å². The summed E-state index contributed by atoms with van der Waals surface area (Å²) >= 11 is 0. The summed E-state index contributed by atoms with van der Waals surface area (Å²) in [5.74, 6) is -10.3. The Morgan fingerprint density at radius 3 is 2.46 bits per heavy atom. The molecule has 0 saturated carbocycles. The average molecular weight is 397 g/mol. The molecule has 3 rings (SSSR count). The summed E-state index contributed by atoms with van der Waals surface area (Å²) in [7, 11) is 0. The van der Waals surface area contributed by atoms with Crippen molar-refractivity contribution in [3.8, 4) is 0 Å². The quantitative estimate of drug-likeness (QED) is 0.352. The maximum atomic E-state index is 14.5. The van der Waals surface area contributed by atoms with Crippen LogP contribution < -0.4 is 0 Å². The van der Waals surface area contributed by atoms with Gasteiger partial charge in [0, 0.05) is 25.7 Å². The molecule has 148 valence electrons. The van der Waals surface area contributed by atoms with Gasteiger partial charge in [0.25, 0.3) is 6.47 Å². The molecule has 1 N–H and O–H groups in total. The lowest BCUT2D eigenvalue weighted by molar-refractivity contribution is -0.160.